The monoisotopic (exact) mass is 469 g/mol. The summed E-state index contributed by atoms with van der Waals surface area (Å²) in [6.07, 6.45) is 1.77. The van der Waals surface area contributed by atoms with E-state index in [1.54, 1.807) is 29.3 Å². The summed E-state index contributed by atoms with van der Waals surface area (Å²) in [6.45, 7) is 5.21. The fraction of sp³-hybridized carbons (Fsp3) is 0.474. The number of hydroxylamine groups is 1. The highest BCUT2D eigenvalue weighted by Crippen LogP contribution is 2.21. The Bertz CT molecular complexity index is 931. The summed E-state index contributed by atoms with van der Waals surface area (Å²) in [5.41, 5.74) is 4.08. The normalized spacial score (nSPS) is 16.2. The molecule has 1 aliphatic rings. The molecule has 10 nitrogen and oxygen atoms in total. The molecule has 0 radical (unpaired) electrons. The predicted molar refractivity (Wildman–Crippen MR) is 116 cm³/mol. The van der Waals surface area contributed by atoms with Crippen molar-refractivity contribution in [3.63, 3.8) is 0 Å². The van der Waals surface area contributed by atoms with Crippen LogP contribution in [0, 0.1) is 0 Å². The molecule has 12 heteroatoms. The lowest BCUT2D eigenvalue weighted by atomic mass is 10.3. The molecule has 1 saturated heterocycles. The number of anilines is 1. The number of carbonyl (C=O) groups is 1. The van der Waals surface area contributed by atoms with Crippen LogP contribution in [0.4, 0.5) is 5.69 Å². The van der Waals surface area contributed by atoms with Gasteiger partial charge < -0.3 is 10.1 Å². The lowest BCUT2D eigenvalue weighted by molar-refractivity contribution is -0.132. The first-order valence-electron chi connectivity index (χ1n) is 9.89. The molecular weight excluding hydrogens is 442 g/mol. The molecule has 0 saturated carbocycles. The Morgan fingerprint density at radius 1 is 1.32 bits per heavy atom. The summed E-state index contributed by atoms with van der Waals surface area (Å²) in [6, 6.07) is 5.32. The smallest absolute Gasteiger partial charge is 0.261 e. The molecule has 1 aromatic carbocycles. The highest BCUT2D eigenvalue weighted by Gasteiger charge is 2.33. The maximum atomic E-state index is 13.3. The molecule has 1 atom stereocenters. The minimum atomic E-state index is -3.96. The predicted octanol–water partition coefficient (Wildman–Crippen LogP) is 0.972. The highest BCUT2D eigenvalue weighted by molar-refractivity contribution is 7.89. The Morgan fingerprint density at radius 3 is 2.65 bits per heavy atom. The lowest BCUT2D eigenvalue weighted by Gasteiger charge is -2.31. The number of ether oxygens (including phenoxy) is 1. The minimum absolute atomic E-state index is 0.0791. The van der Waals surface area contributed by atoms with E-state index in [4.69, 9.17) is 9.94 Å². The standard InChI is InChI=1S/C19H27N5O5S2/c1-15(19(25)22-26)24(7-6-23-8-10-29-11-9-23)31(27,28)18-4-2-16(3-5-18)21-13-17-12-20-14-30-17/h2-5,12,14-15,21,26H,6-11,13H2,1H3,(H,22,25). The van der Waals surface area contributed by atoms with E-state index in [9.17, 15) is 13.2 Å². The molecule has 1 fully saturated rings. The lowest BCUT2D eigenvalue weighted by Crippen LogP contribution is -2.50. The van der Waals surface area contributed by atoms with Gasteiger partial charge in [-0.25, -0.2) is 13.9 Å². The molecule has 3 N–H and O–H groups in total. The molecule has 1 amide bonds. The third-order valence-corrected chi connectivity index (χ3v) is 7.84. The van der Waals surface area contributed by atoms with E-state index >= 15 is 0 Å². The molecule has 2 heterocycles. The van der Waals surface area contributed by atoms with Gasteiger partial charge in [0.2, 0.25) is 10.0 Å². The number of morpholine rings is 1. The van der Waals surface area contributed by atoms with E-state index < -0.39 is 22.0 Å². The number of hydrogen-bond donors (Lipinski definition) is 3. The van der Waals surface area contributed by atoms with E-state index in [0.29, 0.717) is 39.4 Å². The Kier molecular flexibility index (Phi) is 8.35. The number of nitrogens with zero attached hydrogens (tertiary/aromatic N) is 3. The van der Waals surface area contributed by atoms with Crippen LogP contribution in [0.1, 0.15) is 11.8 Å². The molecule has 31 heavy (non-hydrogen) atoms. The van der Waals surface area contributed by atoms with Crippen molar-refractivity contribution >= 4 is 33.0 Å². The zero-order valence-electron chi connectivity index (χ0n) is 17.2. The third-order valence-electron chi connectivity index (χ3n) is 5.07. The van der Waals surface area contributed by atoms with Gasteiger partial charge in [-0.2, -0.15) is 4.31 Å². The van der Waals surface area contributed by atoms with Crippen molar-refractivity contribution in [2.45, 2.75) is 24.4 Å². The summed E-state index contributed by atoms with van der Waals surface area (Å²) >= 11 is 1.53. The van der Waals surface area contributed by atoms with Gasteiger partial charge in [0.05, 0.1) is 30.2 Å². The van der Waals surface area contributed by atoms with E-state index in [-0.39, 0.29) is 11.4 Å². The number of thiazole rings is 1. The van der Waals surface area contributed by atoms with E-state index in [0.717, 1.165) is 14.9 Å². The summed E-state index contributed by atoms with van der Waals surface area (Å²) in [5, 5.41) is 12.2. The second-order valence-electron chi connectivity index (χ2n) is 7.07. The average Bonchev–Trinajstić information content (AvgIpc) is 3.31. The molecule has 3 rings (SSSR count). The summed E-state index contributed by atoms with van der Waals surface area (Å²) in [5.74, 6) is -0.784. The molecule has 1 aromatic heterocycles. The third kappa shape index (κ3) is 6.21. The molecule has 0 spiro atoms. The van der Waals surface area contributed by atoms with Gasteiger partial charge in [0, 0.05) is 42.9 Å². The molecule has 1 unspecified atom stereocenters. The van der Waals surface area contributed by atoms with Crippen LogP contribution in [0.2, 0.25) is 0 Å². The molecule has 170 valence electrons. The summed E-state index contributed by atoms with van der Waals surface area (Å²) < 4.78 is 33.1. The van der Waals surface area contributed by atoms with E-state index in [1.807, 2.05) is 0 Å². The van der Waals surface area contributed by atoms with Crippen LogP contribution in [0.25, 0.3) is 0 Å². The number of rotatable bonds is 10. The maximum Gasteiger partial charge on any atom is 0.261 e. The van der Waals surface area contributed by atoms with Crippen LogP contribution in [0.15, 0.2) is 40.9 Å². The van der Waals surface area contributed by atoms with Gasteiger partial charge in [0.1, 0.15) is 6.04 Å². The first kappa shape index (κ1) is 23.6. The zero-order valence-corrected chi connectivity index (χ0v) is 18.9. The fourth-order valence-corrected chi connectivity index (χ4v) is 5.33. The first-order valence-corrected chi connectivity index (χ1v) is 12.2. The molecule has 2 aromatic rings. The van der Waals surface area contributed by atoms with Gasteiger partial charge in [-0.3, -0.25) is 19.9 Å². The zero-order chi connectivity index (χ0) is 22.3. The summed E-state index contributed by atoms with van der Waals surface area (Å²) in [7, 11) is -3.96. The highest BCUT2D eigenvalue weighted by atomic mass is 32.2. The first-order chi connectivity index (χ1) is 14.9. The second kappa shape index (κ2) is 11.0. The van der Waals surface area contributed by atoms with E-state index in [1.165, 1.54) is 30.4 Å². The molecular formula is C19H27N5O5S2. The number of hydrogen-bond acceptors (Lipinski definition) is 9. The molecule has 0 bridgehead atoms. The number of nitrogens with one attached hydrogen (secondary N) is 2. The molecule has 0 aliphatic carbocycles. The number of carbonyl (C=O) groups excluding carboxylic acids is 1. The number of benzene rings is 1. The van der Waals surface area contributed by atoms with Crippen LogP contribution in [0.3, 0.4) is 0 Å². The Balaban J connectivity index is 1.73. The van der Waals surface area contributed by atoms with Gasteiger partial charge in [-0.1, -0.05) is 0 Å². The van der Waals surface area contributed by atoms with Gasteiger partial charge in [0.15, 0.2) is 0 Å². The van der Waals surface area contributed by atoms with Crippen molar-refractivity contribution in [1.29, 1.82) is 0 Å². The Hall–Kier alpha value is -2.09. The Labute approximate surface area is 185 Å². The minimum Gasteiger partial charge on any atom is -0.380 e. The number of sulfonamides is 1. The number of amides is 1. The van der Waals surface area contributed by atoms with Crippen LogP contribution in [0.5, 0.6) is 0 Å². The van der Waals surface area contributed by atoms with Crippen molar-refractivity contribution in [3.05, 3.63) is 40.8 Å². The number of aromatic nitrogens is 1. The average molecular weight is 470 g/mol. The topological polar surface area (TPSA) is 124 Å². The molecule has 1 aliphatic heterocycles. The second-order valence-corrected chi connectivity index (χ2v) is 9.93. The fourth-order valence-electron chi connectivity index (χ4n) is 3.21. The van der Waals surface area contributed by atoms with Crippen LogP contribution >= 0.6 is 11.3 Å². The quantitative estimate of drug-likeness (QED) is 0.347. The van der Waals surface area contributed by atoms with Crippen LogP contribution in [-0.4, -0.2) is 79.2 Å². The van der Waals surface area contributed by atoms with Crippen molar-refractivity contribution < 1.29 is 23.2 Å². The van der Waals surface area contributed by atoms with Crippen molar-refractivity contribution in [2.75, 3.05) is 44.7 Å². The SMILES string of the molecule is CC(C(=O)NO)N(CCN1CCOCC1)S(=O)(=O)c1ccc(NCc2cncs2)cc1. The maximum absolute atomic E-state index is 13.3. The van der Waals surface area contributed by atoms with Crippen molar-refractivity contribution in [3.8, 4) is 0 Å². The van der Waals surface area contributed by atoms with Gasteiger partial charge >= 0.3 is 0 Å². The van der Waals surface area contributed by atoms with Crippen molar-refractivity contribution in [1.82, 2.24) is 19.7 Å². The van der Waals surface area contributed by atoms with Gasteiger partial charge in [0.25, 0.3) is 5.91 Å². The van der Waals surface area contributed by atoms with Gasteiger partial charge in [-0.05, 0) is 31.2 Å². The summed E-state index contributed by atoms with van der Waals surface area (Å²) in [4.78, 5) is 19.3. The van der Waals surface area contributed by atoms with E-state index in [2.05, 4.69) is 15.2 Å². The Morgan fingerprint density at radius 2 is 2.03 bits per heavy atom. The largest absolute Gasteiger partial charge is 0.380 e. The van der Waals surface area contributed by atoms with Crippen LogP contribution < -0.4 is 10.8 Å². The van der Waals surface area contributed by atoms with Crippen molar-refractivity contribution in [2.24, 2.45) is 0 Å². The van der Waals surface area contributed by atoms with Crippen LogP contribution in [-0.2, 0) is 26.1 Å². The van der Waals surface area contributed by atoms with Gasteiger partial charge in [-0.15, -0.1) is 11.3 Å².